The van der Waals surface area contributed by atoms with Crippen LogP contribution >= 0.6 is 0 Å². The molecule has 1 fully saturated rings. The molecule has 1 aliphatic rings. The summed E-state index contributed by atoms with van der Waals surface area (Å²) in [6, 6.07) is 10.7. The highest BCUT2D eigenvalue weighted by atomic mass is 16.5. The van der Waals surface area contributed by atoms with Crippen LogP contribution in [0.3, 0.4) is 0 Å². The van der Waals surface area contributed by atoms with Gasteiger partial charge in [-0.2, -0.15) is 5.10 Å². The standard InChI is InChI=1S/C19H18N6O3/c1-23-12-24(11-18(23)26)19(27)15-9-16(14-5-3-4-8-20-14)25(22-15)13-6-7-17(28-2)21-10-13/h3-10H,11-12H2,1-2H3. The van der Waals surface area contributed by atoms with Crippen LogP contribution in [0.2, 0.25) is 0 Å². The van der Waals surface area contributed by atoms with Crippen LogP contribution in [-0.2, 0) is 4.79 Å². The maximum atomic E-state index is 12.9. The van der Waals surface area contributed by atoms with Crippen molar-refractivity contribution in [2.45, 2.75) is 0 Å². The highest BCUT2D eigenvalue weighted by Crippen LogP contribution is 2.24. The molecule has 0 spiro atoms. The molecule has 142 valence electrons. The lowest BCUT2D eigenvalue weighted by Gasteiger charge is -2.13. The summed E-state index contributed by atoms with van der Waals surface area (Å²) < 4.78 is 6.72. The van der Waals surface area contributed by atoms with Gasteiger partial charge in [0.05, 0.1) is 37.1 Å². The van der Waals surface area contributed by atoms with Crippen molar-refractivity contribution < 1.29 is 14.3 Å². The number of rotatable bonds is 4. The number of likely N-dealkylation sites (N-methyl/N-ethyl adjacent to an activating group) is 1. The lowest BCUT2D eigenvalue weighted by molar-refractivity contribution is -0.125. The topological polar surface area (TPSA) is 93.5 Å². The lowest BCUT2D eigenvalue weighted by atomic mass is 10.2. The van der Waals surface area contributed by atoms with Gasteiger partial charge in [0.15, 0.2) is 5.69 Å². The number of carbonyl (C=O) groups excluding carboxylic acids is 2. The second-order valence-corrected chi connectivity index (χ2v) is 6.34. The first kappa shape index (κ1) is 17.7. The molecule has 3 aromatic rings. The Bertz CT molecular complexity index is 1020. The monoisotopic (exact) mass is 378 g/mol. The van der Waals surface area contributed by atoms with E-state index in [4.69, 9.17) is 4.74 Å². The SMILES string of the molecule is COc1ccc(-n2nc(C(=O)N3CC(=O)N(C)C3)cc2-c2ccccn2)cn1. The zero-order chi connectivity index (χ0) is 19.7. The Labute approximate surface area is 161 Å². The Morgan fingerprint density at radius 2 is 2.04 bits per heavy atom. The molecular formula is C19H18N6O3. The first-order valence-electron chi connectivity index (χ1n) is 8.62. The minimum absolute atomic E-state index is 0.0468. The van der Waals surface area contributed by atoms with Gasteiger partial charge in [-0.3, -0.25) is 14.6 Å². The van der Waals surface area contributed by atoms with E-state index in [1.807, 2.05) is 18.2 Å². The Morgan fingerprint density at radius 1 is 1.18 bits per heavy atom. The zero-order valence-electron chi connectivity index (χ0n) is 15.4. The highest BCUT2D eigenvalue weighted by Gasteiger charge is 2.31. The van der Waals surface area contributed by atoms with Gasteiger partial charge in [-0.1, -0.05) is 6.07 Å². The molecule has 0 aliphatic carbocycles. The van der Waals surface area contributed by atoms with Crippen LogP contribution in [0.25, 0.3) is 17.1 Å². The number of ether oxygens (including phenoxy) is 1. The molecule has 0 unspecified atom stereocenters. The molecule has 0 saturated carbocycles. The van der Waals surface area contributed by atoms with Crippen molar-refractivity contribution in [1.29, 1.82) is 0 Å². The minimum Gasteiger partial charge on any atom is -0.481 e. The maximum Gasteiger partial charge on any atom is 0.276 e. The van der Waals surface area contributed by atoms with E-state index in [2.05, 4.69) is 15.1 Å². The highest BCUT2D eigenvalue weighted by molar-refractivity contribution is 5.97. The van der Waals surface area contributed by atoms with Gasteiger partial charge in [-0.25, -0.2) is 9.67 Å². The van der Waals surface area contributed by atoms with Crippen molar-refractivity contribution in [3.8, 4) is 23.0 Å². The van der Waals surface area contributed by atoms with Gasteiger partial charge in [-0.05, 0) is 24.3 Å². The molecule has 1 aliphatic heterocycles. The summed E-state index contributed by atoms with van der Waals surface area (Å²) in [7, 11) is 3.21. The molecule has 9 nitrogen and oxygen atoms in total. The second-order valence-electron chi connectivity index (χ2n) is 6.34. The molecule has 28 heavy (non-hydrogen) atoms. The molecule has 0 atom stereocenters. The van der Waals surface area contributed by atoms with Gasteiger partial charge in [0.1, 0.15) is 6.54 Å². The van der Waals surface area contributed by atoms with Crippen molar-refractivity contribution in [2.24, 2.45) is 0 Å². The third-order valence-electron chi connectivity index (χ3n) is 4.45. The summed E-state index contributed by atoms with van der Waals surface area (Å²) in [4.78, 5) is 36.2. The quantitative estimate of drug-likeness (QED) is 0.677. The summed E-state index contributed by atoms with van der Waals surface area (Å²) in [6.07, 6.45) is 3.29. The average Bonchev–Trinajstić information content (AvgIpc) is 3.32. The number of carbonyl (C=O) groups is 2. The van der Waals surface area contributed by atoms with Crippen molar-refractivity contribution in [3.63, 3.8) is 0 Å². The van der Waals surface area contributed by atoms with E-state index in [-0.39, 0.29) is 30.7 Å². The first-order chi connectivity index (χ1) is 13.6. The van der Waals surface area contributed by atoms with Crippen LogP contribution < -0.4 is 4.74 Å². The number of aromatic nitrogens is 4. The fourth-order valence-corrected chi connectivity index (χ4v) is 2.96. The van der Waals surface area contributed by atoms with Gasteiger partial charge < -0.3 is 14.5 Å². The third kappa shape index (κ3) is 3.18. The molecule has 2 amide bonds. The number of nitrogens with zero attached hydrogens (tertiary/aromatic N) is 6. The molecular weight excluding hydrogens is 360 g/mol. The lowest BCUT2D eigenvalue weighted by Crippen LogP contribution is -2.30. The Balaban J connectivity index is 1.76. The minimum atomic E-state index is -0.310. The van der Waals surface area contributed by atoms with Gasteiger partial charge in [0.2, 0.25) is 11.8 Å². The molecule has 0 radical (unpaired) electrons. The summed E-state index contributed by atoms with van der Waals surface area (Å²) >= 11 is 0. The smallest absolute Gasteiger partial charge is 0.276 e. The van der Waals surface area contributed by atoms with Crippen molar-refractivity contribution in [3.05, 3.63) is 54.5 Å². The molecule has 4 heterocycles. The van der Waals surface area contributed by atoms with E-state index in [0.29, 0.717) is 23.0 Å². The van der Waals surface area contributed by atoms with Crippen LogP contribution in [0, 0.1) is 0 Å². The molecule has 1 saturated heterocycles. The normalized spacial score (nSPS) is 13.9. The fourth-order valence-electron chi connectivity index (χ4n) is 2.96. The Hall–Kier alpha value is -3.75. The number of hydrogen-bond acceptors (Lipinski definition) is 6. The molecule has 4 rings (SSSR count). The fraction of sp³-hybridized carbons (Fsp3) is 0.211. The largest absolute Gasteiger partial charge is 0.481 e. The van der Waals surface area contributed by atoms with Crippen LogP contribution in [0.5, 0.6) is 5.88 Å². The van der Waals surface area contributed by atoms with Crippen molar-refractivity contribution >= 4 is 11.8 Å². The van der Waals surface area contributed by atoms with E-state index in [0.717, 1.165) is 0 Å². The van der Waals surface area contributed by atoms with E-state index in [1.165, 1.54) is 9.80 Å². The predicted molar refractivity (Wildman–Crippen MR) is 99.8 cm³/mol. The Kier molecular flexibility index (Phi) is 4.48. The average molecular weight is 378 g/mol. The molecule has 9 heteroatoms. The zero-order valence-corrected chi connectivity index (χ0v) is 15.4. The van der Waals surface area contributed by atoms with E-state index < -0.39 is 0 Å². The number of methoxy groups -OCH3 is 1. The summed E-state index contributed by atoms with van der Waals surface area (Å²) in [6.45, 7) is 0.290. The van der Waals surface area contributed by atoms with Crippen LogP contribution in [0.15, 0.2) is 48.8 Å². The number of hydrogen-bond donors (Lipinski definition) is 0. The molecule has 3 aromatic heterocycles. The third-order valence-corrected chi connectivity index (χ3v) is 4.45. The van der Waals surface area contributed by atoms with Crippen LogP contribution in [-0.4, -0.2) is 68.7 Å². The number of amides is 2. The predicted octanol–water partition coefficient (Wildman–Crippen LogP) is 1.21. The molecule has 0 bridgehead atoms. The van der Waals surface area contributed by atoms with E-state index in [1.54, 1.807) is 49.4 Å². The van der Waals surface area contributed by atoms with E-state index >= 15 is 0 Å². The number of pyridine rings is 2. The Morgan fingerprint density at radius 3 is 2.64 bits per heavy atom. The van der Waals surface area contributed by atoms with Gasteiger partial charge in [0.25, 0.3) is 5.91 Å². The van der Waals surface area contributed by atoms with Gasteiger partial charge in [-0.15, -0.1) is 0 Å². The van der Waals surface area contributed by atoms with Crippen LogP contribution in [0.1, 0.15) is 10.5 Å². The van der Waals surface area contributed by atoms with Gasteiger partial charge >= 0.3 is 0 Å². The van der Waals surface area contributed by atoms with Crippen LogP contribution in [0.4, 0.5) is 0 Å². The van der Waals surface area contributed by atoms with Gasteiger partial charge in [0, 0.05) is 19.3 Å². The summed E-state index contributed by atoms with van der Waals surface area (Å²) in [5, 5.41) is 4.48. The molecule has 0 aromatic carbocycles. The summed E-state index contributed by atoms with van der Waals surface area (Å²) in [5.74, 6) is 0.0670. The van der Waals surface area contributed by atoms with E-state index in [9.17, 15) is 9.59 Å². The van der Waals surface area contributed by atoms with Crippen molar-refractivity contribution in [2.75, 3.05) is 27.4 Å². The van der Waals surface area contributed by atoms with Crippen molar-refractivity contribution in [1.82, 2.24) is 29.5 Å². The summed E-state index contributed by atoms with van der Waals surface area (Å²) in [5.41, 5.74) is 2.21. The second kappa shape index (κ2) is 7.10. The first-order valence-corrected chi connectivity index (χ1v) is 8.62. The molecule has 0 N–H and O–H groups in total. The maximum absolute atomic E-state index is 12.9.